The third-order valence-corrected chi connectivity index (χ3v) is 3.95. The number of hydrogen-bond donors (Lipinski definition) is 0. The number of allylic oxidation sites excluding steroid dienone is 1. The Morgan fingerprint density at radius 2 is 1.42 bits per heavy atom. The average molecular weight is 383 g/mol. The normalized spacial score (nSPS) is 11.0. The monoisotopic (exact) mass is 381 g/mol. The van der Waals surface area contributed by atoms with Crippen LogP contribution in [0.1, 0.15) is 25.0 Å². The molecule has 2 rings (SSSR count). The van der Waals surface area contributed by atoms with Crippen molar-refractivity contribution in [2.75, 3.05) is 0 Å². The summed E-state index contributed by atoms with van der Waals surface area (Å²) in [5.41, 5.74) is 3.56. The standard InChI is InChI=1S/C19H18Cl3NO/c1-14(2)17(16-11-7-4-8-12-16)23(18(24)19(20,21)22)13-15-9-5-3-6-10-15/h3-12H,13H2,1-2H3. The number of amides is 1. The van der Waals surface area contributed by atoms with Gasteiger partial charge in [-0.05, 0) is 25.0 Å². The van der Waals surface area contributed by atoms with Crippen LogP contribution < -0.4 is 0 Å². The van der Waals surface area contributed by atoms with Gasteiger partial charge < -0.3 is 4.90 Å². The molecule has 2 nitrogen and oxygen atoms in total. The first-order valence-corrected chi connectivity index (χ1v) is 8.59. The Morgan fingerprint density at radius 1 is 0.917 bits per heavy atom. The van der Waals surface area contributed by atoms with Gasteiger partial charge in [-0.25, -0.2) is 0 Å². The second kappa shape index (κ2) is 8.06. The highest BCUT2D eigenvalue weighted by atomic mass is 35.6. The molecule has 0 saturated carbocycles. The summed E-state index contributed by atoms with van der Waals surface area (Å²) in [4.78, 5) is 14.3. The van der Waals surface area contributed by atoms with Crippen molar-refractivity contribution < 1.29 is 4.79 Å². The molecular weight excluding hydrogens is 365 g/mol. The van der Waals surface area contributed by atoms with Crippen LogP contribution >= 0.6 is 34.8 Å². The Balaban J connectivity index is 2.51. The van der Waals surface area contributed by atoms with Gasteiger partial charge in [0, 0.05) is 0 Å². The number of nitrogens with zero attached hydrogens (tertiary/aromatic N) is 1. The van der Waals surface area contributed by atoms with E-state index in [0.717, 1.165) is 22.4 Å². The smallest absolute Gasteiger partial charge is 0.279 e. The van der Waals surface area contributed by atoms with Crippen LogP contribution in [0.4, 0.5) is 0 Å². The van der Waals surface area contributed by atoms with Crippen LogP contribution in [0.2, 0.25) is 0 Å². The Morgan fingerprint density at radius 3 is 1.88 bits per heavy atom. The summed E-state index contributed by atoms with van der Waals surface area (Å²) < 4.78 is -2.02. The molecule has 2 aromatic carbocycles. The van der Waals surface area contributed by atoms with Crippen molar-refractivity contribution >= 4 is 46.4 Å². The molecule has 0 saturated heterocycles. The minimum absolute atomic E-state index is 0.322. The molecule has 0 atom stereocenters. The van der Waals surface area contributed by atoms with Gasteiger partial charge in [-0.15, -0.1) is 0 Å². The number of rotatable bonds is 4. The average Bonchev–Trinajstić information content (AvgIpc) is 2.54. The first-order valence-electron chi connectivity index (χ1n) is 7.46. The first-order chi connectivity index (χ1) is 11.3. The van der Waals surface area contributed by atoms with Crippen LogP contribution in [-0.4, -0.2) is 14.6 Å². The Bertz CT molecular complexity index is 717. The maximum Gasteiger partial charge on any atom is 0.279 e. The van der Waals surface area contributed by atoms with Crippen molar-refractivity contribution in [2.45, 2.75) is 24.2 Å². The maximum absolute atomic E-state index is 12.8. The van der Waals surface area contributed by atoms with Crippen molar-refractivity contribution in [3.05, 3.63) is 77.4 Å². The lowest BCUT2D eigenvalue weighted by atomic mass is 10.1. The summed E-state index contributed by atoms with van der Waals surface area (Å²) in [7, 11) is 0. The molecule has 24 heavy (non-hydrogen) atoms. The number of halogens is 3. The van der Waals surface area contributed by atoms with E-state index in [-0.39, 0.29) is 0 Å². The van der Waals surface area contributed by atoms with Crippen LogP contribution in [-0.2, 0) is 11.3 Å². The van der Waals surface area contributed by atoms with E-state index in [1.54, 1.807) is 0 Å². The summed E-state index contributed by atoms with van der Waals surface area (Å²) in [5, 5.41) is 0. The van der Waals surface area contributed by atoms with Crippen LogP contribution in [0.5, 0.6) is 0 Å². The molecule has 0 unspecified atom stereocenters. The van der Waals surface area contributed by atoms with Gasteiger partial charge >= 0.3 is 0 Å². The van der Waals surface area contributed by atoms with Crippen LogP contribution in [0.15, 0.2) is 66.2 Å². The van der Waals surface area contributed by atoms with Gasteiger partial charge in [0.1, 0.15) is 0 Å². The Kier molecular flexibility index (Phi) is 6.34. The van der Waals surface area contributed by atoms with Crippen molar-refractivity contribution in [3.63, 3.8) is 0 Å². The van der Waals surface area contributed by atoms with E-state index in [9.17, 15) is 4.79 Å². The minimum Gasteiger partial charge on any atom is -0.304 e. The molecule has 0 fully saturated rings. The predicted molar refractivity (Wildman–Crippen MR) is 102 cm³/mol. The molecular formula is C19H18Cl3NO. The molecule has 0 aromatic heterocycles. The van der Waals surface area contributed by atoms with Crippen LogP contribution in [0, 0.1) is 0 Å². The molecule has 0 heterocycles. The van der Waals surface area contributed by atoms with E-state index in [1.165, 1.54) is 4.90 Å². The van der Waals surface area contributed by atoms with Crippen molar-refractivity contribution in [1.29, 1.82) is 0 Å². The molecule has 0 aliphatic heterocycles. The lowest BCUT2D eigenvalue weighted by Crippen LogP contribution is -2.38. The van der Waals surface area contributed by atoms with E-state index in [1.807, 2.05) is 74.5 Å². The van der Waals surface area contributed by atoms with Crippen LogP contribution in [0.25, 0.3) is 5.70 Å². The zero-order valence-electron chi connectivity index (χ0n) is 13.5. The predicted octanol–water partition coefficient (Wildman–Crippen LogP) is 5.84. The Hall–Kier alpha value is -1.48. The summed E-state index contributed by atoms with van der Waals surface area (Å²) in [5.74, 6) is -0.573. The molecule has 0 bridgehead atoms. The molecule has 126 valence electrons. The molecule has 0 radical (unpaired) electrons. The molecule has 0 aliphatic rings. The zero-order valence-corrected chi connectivity index (χ0v) is 15.7. The highest BCUT2D eigenvalue weighted by molar-refractivity contribution is 6.76. The SMILES string of the molecule is CC(C)=C(c1ccccc1)N(Cc1ccccc1)C(=O)C(Cl)(Cl)Cl. The number of alkyl halides is 3. The molecule has 0 N–H and O–H groups in total. The summed E-state index contributed by atoms with van der Waals surface area (Å²) >= 11 is 17.7. The van der Waals surface area contributed by atoms with Gasteiger partial charge in [0.15, 0.2) is 0 Å². The van der Waals surface area contributed by atoms with Crippen molar-refractivity contribution in [2.24, 2.45) is 0 Å². The van der Waals surface area contributed by atoms with Crippen molar-refractivity contribution in [1.82, 2.24) is 4.90 Å². The lowest BCUT2D eigenvalue weighted by molar-refractivity contribution is -0.127. The van der Waals surface area contributed by atoms with E-state index < -0.39 is 9.70 Å². The van der Waals surface area contributed by atoms with Gasteiger partial charge in [0.2, 0.25) is 0 Å². The topological polar surface area (TPSA) is 20.3 Å². The fourth-order valence-electron chi connectivity index (χ4n) is 2.48. The lowest BCUT2D eigenvalue weighted by Gasteiger charge is -2.30. The quantitative estimate of drug-likeness (QED) is 0.609. The first kappa shape index (κ1) is 18.9. The number of hydrogen-bond acceptors (Lipinski definition) is 1. The highest BCUT2D eigenvalue weighted by Gasteiger charge is 2.37. The molecule has 5 heteroatoms. The number of carbonyl (C=O) groups is 1. The fraction of sp³-hybridized carbons (Fsp3) is 0.211. The molecule has 2 aromatic rings. The highest BCUT2D eigenvalue weighted by Crippen LogP contribution is 2.34. The largest absolute Gasteiger partial charge is 0.304 e. The van der Waals surface area contributed by atoms with Gasteiger partial charge in [0.05, 0.1) is 12.2 Å². The van der Waals surface area contributed by atoms with Gasteiger partial charge in [0.25, 0.3) is 9.70 Å². The van der Waals surface area contributed by atoms with Crippen LogP contribution in [0.3, 0.4) is 0 Å². The molecule has 0 spiro atoms. The van der Waals surface area contributed by atoms with Gasteiger partial charge in [-0.2, -0.15) is 0 Å². The summed E-state index contributed by atoms with van der Waals surface area (Å²) in [6, 6.07) is 19.2. The zero-order chi connectivity index (χ0) is 17.7. The fourth-order valence-corrected chi connectivity index (χ4v) is 2.79. The van der Waals surface area contributed by atoms with E-state index in [2.05, 4.69) is 0 Å². The third-order valence-electron chi connectivity index (χ3n) is 3.46. The third kappa shape index (κ3) is 4.76. The van der Waals surface area contributed by atoms with Gasteiger partial charge in [-0.3, -0.25) is 4.79 Å². The van der Waals surface area contributed by atoms with E-state index in [4.69, 9.17) is 34.8 Å². The second-order valence-electron chi connectivity index (χ2n) is 5.59. The summed E-state index contributed by atoms with van der Waals surface area (Å²) in [6.45, 7) is 4.20. The summed E-state index contributed by atoms with van der Waals surface area (Å²) in [6.07, 6.45) is 0. The number of carbonyl (C=O) groups excluding carboxylic acids is 1. The Labute approximate surface area is 157 Å². The second-order valence-corrected chi connectivity index (χ2v) is 7.87. The van der Waals surface area contributed by atoms with Gasteiger partial charge in [-0.1, -0.05) is 101 Å². The molecule has 0 aliphatic carbocycles. The minimum atomic E-state index is -2.02. The molecule has 1 amide bonds. The van der Waals surface area contributed by atoms with E-state index in [0.29, 0.717) is 6.54 Å². The van der Waals surface area contributed by atoms with E-state index >= 15 is 0 Å². The number of benzene rings is 2. The maximum atomic E-state index is 12.8. The van der Waals surface area contributed by atoms with Crippen molar-refractivity contribution in [3.8, 4) is 0 Å².